The number of hydrogen-bond acceptors (Lipinski definition) is 2. The molecule has 98 valence electrons. The van der Waals surface area contributed by atoms with Gasteiger partial charge < -0.3 is 9.84 Å². The van der Waals surface area contributed by atoms with E-state index < -0.39 is 6.10 Å². The van der Waals surface area contributed by atoms with Crippen LogP contribution in [-0.2, 0) is 6.42 Å². The number of rotatable bonds is 3. The summed E-state index contributed by atoms with van der Waals surface area (Å²) in [6.45, 7) is 0. The van der Waals surface area contributed by atoms with Crippen LogP contribution in [0.2, 0.25) is 0 Å². The molecule has 2 atom stereocenters. The number of benzene rings is 2. The van der Waals surface area contributed by atoms with Crippen molar-refractivity contribution in [2.24, 2.45) is 0 Å². The standard InChI is InChI=1S/C16H15BrO2/c1-19-11-6-7-13(15(17)9-11)16(18)14-8-10-4-2-3-5-12(10)14/h2-7,9,14,16,18H,8H2,1H3. The van der Waals surface area contributed by atoms with Gasteiger partial charge in [0.2, 0.25) is 0 Å². The van der Waals surface area contributed by atoms with Gasteiger partial charge in [-0.3, -0.25) is 0 Å². The Hall–Kier alpha value is -1.32. The van der Waals surface area contributed by atoms with Crippen molar-refractivity contribution >= 4 is 15.9 Å². The number of aliphatic hydroxyl groups excluding tert-OH is 1. The van der Waals surface area contributed by atoms with Crippen LogP contribution in [0.4, 0.5) is 0 Å². The number of halogens is 1. The first-order chi connectivity index (χ1) is 9.20. The molecule has 0 bridgehead atoms. The van der Waals surface area contributed by atoms with E-state index in [0.29, 0.717) is 0 Å². The quantitative estimate of drug-likeness (QED) is 0.932. The zero-order valence-electron chi connectivity index (χ0n) is 10.6. The zero-order valence-corrected chi connectivity index (χ0v) is 12.2. The molecule has 3 heteroatoms. The van der Waals surface area contributed by atoms with Gasteiger partial charge in [-0.1, -0.05) is 46.3 Å². The summed E-state index contributed by atoms with van der Waals surface area (Å²) in [7, 11) is 1.64. The summed E-state index contributed by atoms with van der Waals surface area (Å²) in [6, 6.07) is 14.0. The van der Waals surface area contributed by atoms with E-state index >= 15 is 0 Å². The van der Waals surface area contributed by atoms with Crippen molar-refractivity contribution in [3.05, 3.63) is 63.6 Å². The highest BCUT2D eigenvalue weighted by Crippen LogP contribution is 2.45. The fraction of sp³-hybridized carbons (Fsp3) is 0.250. The fourth-order valence-corrected chi connectivity index (χ4v) is 3.26. The van der Waals surface area contributed by atoms with Crippen molar-refractivity contribution in [1.29, 1.82) is 0 Å². The Kier molecular flexibility index (Phi) is 3.33. The molecule has 0 radical (unpaired) electrons. The van der Waals surface area contributed by atoms with Crippen LogP contribution in [-0.4, -0.2) is 12.2 Å². The topological polar surface area (TPSA) is 29.5 Å². The molecular formula is C16H15BrO2. The maximum Gasteiger partial charge on any atom is 0.120 e. The van der Waals surface area contributed by atoms with Crippen LogP contribution in [0.3, 0.4) is 0 Å². The van der Waals surface area contributed by atoms with Crippen molar-refractivity contribution < 1.29 is 9.84 Å². The second-order valence-electron chi connectivity index (χ2n) is 4.84. The van der Waals surface area contributed by atoms with Crippen LogP contribution in [0.15, 0.2) is 46.9 Å². The van der Waals surface area contributed by atoms with Crippen molar-refractivity contribution in [2.45, 2.75) is 18.4 Å². The highest BCUT2D eigenvalue weighted by molar-refractivity contribution is 9.10. The molecule has 0 saturated carbocycles. The van der Waals surface area contributed by atoms with Gasteiger partial charge in [0.25, 0.3) is 0 Å². The molecule has 2 unspecified atom stereocenters. The maximum atomic E-state index is 10.6. The molecule has 0 spiro atoms. The average Bonchev–Trinajstić information content (AvgIpc) is 2.39. The second-order valence-corrected chi connectivity index (χ2v) is 5.70. The van der Waals surface area contributed by atoms with E-state index in [1.165, 1.54) is 11.1 Å². The Balaban J connectivity index is 1.88. The Morgan fingerprint density at radius 3 is 2.74 bits per heavy atom. The number of fused-ring (bicyclic) bond motifs is 1. The molecule has 0 amide bonds. The van der Waals surface area contributed by atoms with Crippen molar-refractivity contribution in [1.82, 2.24) is 0 Å². The van der Waals surface area contributed by atoms with Crippen LogP contribution in [0.5, 0.6) is 5.75 Å². The van der Waals surface area contributed by atoms with Crippen LogP contribution >= 0.6 is 15.9 Å². The number of aliphatic hydroxyl groups is 1. The molecule has 0 aliphatic heterocycles. The van der Waals surface area contributed by atoms with Crippen LogP contribution < -0.4 is 4.74 Å². The Labute approximate surface area is 121 Å². The maximum absolute atomic E-state index is 10.6. The molecular weight excluding hydrogens is 304 g/mol. The van der Waals surface area contributed by atoms with Gasteiger partial charge in [0, 0.05) is 10.4 Å². The zero-order chi connectivity index (χ0) is 13.4. The number of hydrogen-bond donors (Lipinski definition) is 1. The minimum atomic E-state index is -0.477. The summed E-state index contributed by atoms with van der Waals surface area (Å²) in [5.41, 5.74) is 3.52. The van der Waals surface area contributed by atoms with E-state index in [2.05, 4.69) is 28.1 Å². The van der Waals surface area contributed by atoms with E-state index in [4.69, 9.17) is 4.74 Å². The van der Waals surface area contributed by atoms with Crippen molar-refractivity contribution in [3.8, 4) is 5.75 Å². The largest absolute Gasteiger partial charge is 0.497 e. The van der Waals surface area contributed by atoms with E-state index in [-0.39, 0.29) is 5.92 Å². The minimum Gasteiger partial charge on any atom is -0.497 e. The second kappa shape index (κ2) is 4.99. The molecule has 0 saturated heterocycles. The lowest BCUT2D eigenvalue weighted by molar-refractivity contribution is 0.134. The van der Waals surface area contributed by atoms with Crippen LogP contribution in [0.1, 0.15) is 28.7 Å². The molecule has 0 aromatic heterocycles. The van der Waals surface area contributed by atoms with Crippen molar-refractivity contribution in [3.63, 3.8) is 0 Å². The van der Waals surface area contributed by atoms with Crippen molar-refractivity contribution in [2.75, 3.05) is 7.11 Å². The Morgan fingerprint density at radius 1 is 1.26 bits per heavy atom. The Bertz CT molecular complexity index is 609. The minimum absolute atomic E-state index is 0.195. The summed E-state index contributed by atoms with van der Waals surface area (Å²) in [4.78, 5) is 0. The molecule has 19 heavy (non-hydrogen) atoms. The number of methoxy groups -OCH3 is 1. The van der Waals surface area contributed by atoms with Gasteiger partial charge >= 0.3 is 0 Å². The van der Waals surface area contributed by atoms with Crippen LogP contribution in [0.25, 0.3) is 0 Å². The van der Waals surface area contributed by atoms with Gasteiger partial charge in [0.05, 0.1) is 13.2 Å². The smallest absolute Gasteiger partial charge is 0.120 e. The molecule has 3 rings (SSSR count). The summed E-state index contributed by atoms with van der Waals surface area (Å²) in [5, 5.41) is 10.6. The van der Waals surface area contributed by atoms with E-state index in [9.17, 15) is 5.11 Å². The number of ether oxygens (including phenoxy) is 1. The van der Waals surface area contributed by atoms with Gasteiger partial charge in [-0.05, 0) is 35.2 Å². The molecule has 1 aliphatic carbocycles. The highest BCUT2D eigenvalue weighted by Gasteiger charge is 2.33. The van der Waals surface area contributed by atoms with Gasteiger partial charge in [0.1, 0.15) is 5.75 Å². The molecule has 1 N–H and O–H groups in total. The molecule has 2 nitrogen and oxygen atoms in total. The highest BCUT2D eigenvalue weighted by atomic mass is 79.9. The first-order valence-electron chi connectivity index (χ1n) is 6.30. The first kappa shape index (κ1) is 12.7. The lowest BCUT2D eigenvalue weighted by atomic mass is 9.73. The first-order valence-corrected chi connectivity index (χ1v) is 7.09. The third-order valence-electron chi connectivity index (χ3n) is 3.80. The van der Waals surface area contributed by atoms with Crippen LogP contribution in [0, 0.1) is 0 Å². The predicted molar refractivity (Wildman–Crippen MR) is 78.5 cm³/mol. The van der Waals surface area contributed by atoms with Gasteiger partial charge in [-0.15, -0.1) is 0 Å². The molecule has 0 fully saturated rings. The van der Waals surface area contributed by atoms with Gasteiger partial charge in [0.15, 0.2) is 0 Å². The molecule has 0 heterocycles. The third-order valence-corrected chi connectivity index (χ3v) is 4.49. The summed E-state index contributed by atoms with van der Waals surface area (Å²) >= 11 is 3.51. The normalized spacial score (nSPS) is 18.4. The fourth-order valence-electron chi connectivity index (χ4n) is 2.67. The van der Waals surface area contributed by atoms with E-state index in [1.54, 1.807) is 7.11 Å². The molecule has 2 aromatic rings. The lowest BCUT2D eigenvalue weighted by Crippen LogP contribution is -2.23. The van der Waals surface area contributed by atoms with Gasteiger partial charge in [-0.25, -0.2) is 0 Å². The third kappa shape index (κ3) is 2.17. The molecule has 1 aliphatic rings. The molecule has 2 aromatic carbocycles. The van der Waals surface area contributed by atoms with E-state index in [1.807, 2.05) is 30.3 Å². The Morgan fingerprint density at radius 2 is 2.05 bits per heavy atom. The summed E-state index contributed by atoms with van der Waals surface area (Å²) < 4.78 is 6.07. The summed E-state index contributed by atoms with van der Waals surface area (Å²) in [6.07, 6.45) is 0.464. The van der Waals surface area contributed by atoms with E-state index in [0.717, 1.165) is 22.2 Å². The SMILES string of the molecule is COc1ccc(C(O)C2Cc3ccccc32)c(Br)c1. The van der Waals surface area contributed by atoms with Gasteiger partial charge in [-0.2, -0.15) is 0 Å². The predicted octanol–water partition coefficient (Wildman–Crippen LogP) is 3.83. The monoisotopic (exact) mass is 318 g/mol. The summed E-state index contributed by atoms with van der Waals surface area (Å²) in [5.74, 6) is 0.984. The average molecular weight is 319 g/mol. The lowest BCUT2D eigenvalue weighted by Gasteiger charge is -2.34.